The van der Waals surface area contributed by atoms with Crippen LogP contribution in [0, 0.1) is 0 Å². The number of nitrogens with zero attached hydrogens (tertiary/aromatic N) is 1. The normalized spacial score (nSPS) is 17.1. The van der Waals surface area contributed by atoms with Crippen molar-refractivity contribution < 1.29 is 0 Å². The van der Waals surface area contributed by atoms with Crippen molar-refractivity contribution >= 4 is 197 Å². The van der Waals surface area contributed by atoms with Crippen LogP contribution in [0.1, 0.15) is 273 Å². The maximum absolute atomic E-state index is 4.34. The topological polar surface area (TPSA) is 12.4 Å². The predicted molar refractivity (Wildman–Crippen MR) is 486 cm³/mol. The molecule has 4 aliphatic rings. The number of hydrogen-bond acceptors (Lipinski definition) is 6. The standard InChI is InChI=1S/C45H76S2Si4.C39H58Br2S2Si2.BHNS/c1-11-14-17-20-23-26-29-50(10)38-32-37-39(33-36(38)44-40(50)34-42(46-44)48(4,5)6)51(30-27-24-21-18-15-12-2,31-28-25-22-19-16-13-3)41-35-43(47-45(37)41)49(7,8)9;1-5-8-11-14-17-20-23-44(4)32-26-31-33(27-30(32)38-34(44)28-36(40)42-38)45(24-21-18-15-12-9-6-2,25-22-19-16-13-10-7-3)35-29-37(41)43-39(31)35;1-2-3/h32-35H,11-31H2,1-10H3;26-29H,5-25H2,1-4H3;3H. The molecule has 0 saturated heterocycles. The fraction of sp³-hybridized carbons (Fsp3) is 0.667. The van der Waals surface area contributed by atoms with Crippen LogP contribution in [0.3, 0.4) is 0 Å². The van der Waals surface area contributed by atoms with Crippen molar-refractivity contribution in [2.75, 3.05) is 0 Å². The van der Waals surface area contributed by atoms with E-state index in [1.165, 1.54) is 275 Å². The molecular formula is C84H135BBr2NS5Si6. The summed E-state index contributed by atoms with van der Waals surface area (Å²) in [5, 5.41) is 14.6. The number of thiophene rings is 4. The molecule has 0 N–H and O–H groups in total. The molecule has 6 aromatic rings. The Morgan fingerprint density at radius 2 is 0.535 bits per heavy atom. The molecule has 4 aliphatic heterocycles. The molecule has 2 atom stereocenters. The van der Waals surface area contributed by atoms with Gasteiger partial charge in [-0.25, -0.2) is 0 Å². The first-order chi connectivity index (χ1) is 47.6. The second kappa shape index (κ2) is 40.2. The zero-order valence-electron chi connectivity index (χ0n) is 65.2. The van der Waals surface area contributed by atoms with Crippen molar-refractivity contribution in [3.05, 3.63) is 56.1 Å². The minimum atomic E-state index is -1.89. The Bertz CT molecular complexity index is 3450. The third kappa shape index (κ3) is 20.4. The van der Waals surface area contributed by atoms with E-state index in [-0.39, 0.29) is 0 Å². The molecule has 10 rings (SSSR count). The van der Waals surface area contributed by atoms with E-state index in [1.54, 1.807) is 66.3 Å². The Hall–Kier alpha value is -0.284. The maximum atomic E-state index is 4.34. The van der Waals surface area contributed by atoms with E-state index < -0.39 is 48.4 Å². The summed E-state index contributed by atoms with van der Waals surface area (Å²) in [6.07, 6.45) is 50.6. The number of unbranched alkanes of at least 4 members (excludes halogenated alkanes) is 30. The first-order valence-corrected chi connectivity index (χ1v) is 63.4. The molecule has 1 nitrogen and oxygen atoms in total. The van der Waals surface area contributed by atoms with E-state index >= 15 is 0 Å². The molecule has 0 fully saturated rings. The van der Waals surface area contributed by atoms with Gasteiger partial charge in [0.15, 0.2) is 0 Å². The monoisotopic (exact) mass is 1650 g/mol. The van der Waals surface area contributed by atoms with Crippen LogP contribution >= 0.6 is 90.0 Å². The summed E-state index contributed by atoms with van der Waals surface area (Å²) in [6.45, 7) is 35.1. The first kappa shape index (κ1) is 84.3. The van der Waals surface area contributed by atoms with Gasteiger partial charge in [0.25, 0.3) is 0 Å². The van der Waals surface area contributed by atoms with Crippen LogP contribution in [-0.2, 0) is 0 Å². The van der Waals surface area contributed by atoms with Crippen LogP contribution in [0.5, 0.6) is 0 Å². The minimum absolute atomic E-state index is 1.33. The molecule has 2 aromatic carbocycles. The molecule has 2 unspecified atom stereocenters. The summed E-state index contributed by atoms with van der Waals surface area (Å²) >= 11 is 19.7. The van der Waals surface area contributed by atoms with E-state index in [0.717, 1.165) is 0 Å². The van der Waals surface area contributed by atoms with Crippen molar-refractivity contribution in [1.29, 1.82) is 0 Å². The zero-order chi connectivity index (χ0) is 71.4. The number of benzene rings is 2. The van der Waals surface area contributed by atoms with E-state index in [1.807, 2.05) is 48.6 Å². The molecule has 0 amide bonds. The Kier molecular flexibility index (Phi) is 34.3. The van der Waals surface area contributed by atoms with Crippen LogP contribution in [0.2, 0.25) is 88.6 Å². The Morgan fingerprint density at radius 1 is 0.313 bits per heavy atom. The van der Waals surface area contributed by atoms with Crippen LogP contribution in [-0.4, -0.2) is 56.1 Å². The van der Waals surface area contributed by atoms with Gasteiger partial charge < -0.3 is 0 Å². The summed E-state index contributed by atoms with van der Waals surface area (Å²) < 4.78 is 8.91. The van der Waals surface area contributed by atoms with Crippen molar-refractivity contribution in [2.24, 2.45) is 4.30 Å². The molecular weight excluding hydrogens is 1520 g/mol. The van der Waals surface area contributed by atoms with E-state index in [4.69, 9.17) is 0 Å². The Morgan fingerprint density at radius 3 is 0.859 bits per heavy atom. The third-order valence-corrected chi connectivity index (χ3v) is 57.2. The number of rotatable bonds is 44. The van der Waals surface area contributed by atoms with Gasteiger partial charge in [0.2, 0.25) is 0 Å². The average Bonchev–Trinajstić information content (AvgIpc) is 1.53. The van der Waals surface area contributed by atoms with Crippen LogP contribution in [0.25, 0.3) is 41.8 Å². The molecule has 99 heavy (non-hydrogen) atoms. The SMILES string of the molecule is CCCCCCCC[Si]1(C)c2cc3c(cc2-c2sc(Br)cc21)[Si](CCCCCCCC)(CCCCCCCC)c1cc(Br)sc1-3.CCCCCCCC[Si]1(C)c2cc3c(cc2-c2sc([Si](C)(C)C)cc21)[Si](CCCCCCCC)(CCCCCCCC)c1cc([Si](C)(C)C)sc1-3.[B]=NS. The molecule has 0 saturated carbocycles. The second-order valence-corrected chi connectivity index (χ2v) is 68.7. The van der Waals surface area contributed by atoms with Gasteiger partial charge >= 0.3 is 24.8 Å². The molecule has 8 heterocycles. The quantitative estimate of drug-likeness (QED) is 0.0222. The fourth-order valence-corrected chi connectivity index (χ4v) is 50.8. The zero-order valence-corrected chi connectivity index (χ0v) is 78.5. The van der Waals surface area contributed by atoms with Gasteiger partial charge in [-0.05, 0) is 153 Å². The summed E-state index contributed by atoms with van der Waals surface area (Å²) in [7, 11) is -5.80. The Balaban J connectivity index is 0.000000244. The van der Waals surface area contributed by atoms with Crippen molar-refractivity contribution in [3.8, 4) is 41.8 Å². The molecule has 0 aliphatic carbocycles. The average molecular weight is 1660 g/mol. The fourth-order valence-electron chi connectivity index (χ4n) is 18.0. The molecule has 0 spiro atoms. The summed E-state index contributed by atoms with van der Waals surface area (Å²) in [5.74, 6) is 0. The van der Waals surface area contributed by atoms with Gasteiger partial charge in [-0.1, -0.05) is 361 Å². The van der Waals surface area contributed by atoms with Gasteiger partial charge in [0.05, 0.1) is 23.7 Å². The predicted octanol–water partition coefficient (Wildman–Crippen LogP) is 26.0. The number of thiol groups is 1. The van der Waals surface area contributed by atoms with Gasteiger partial charge in [-0.15, -0.1) is 45.3 Å². The molecule has 15 heteroatoms. The molecule has 1 radical (unpaired) electrons. The molecule has 4 aromatic heterocycles. The first-order valence-electron chi connectivity index (χ1n) is 41.0. The third-order valence-electron chi connectivity index (χ3n) is 24.0. The molecule has 0 bridgehead atoms. The summed E-state index contributed by atoms with van der Waals surface area (Å²) in [4.78, 5) is 6.75. The Labute approximate surface area is 653 Å². The van der Waals surface area contributed by atoms with Crippen LogP contribution < -0.4 is 50.5 Å². The van der Waals surface area contributed by atoms with Crippen LogP contribution in [0.4, 0.5) is 0 Å². The summed E-state index contributed by atoms with van der Waals surface area (Å²) in [5.41, 5.74) is 6.78. The van der Waals surface area contributed by atoms with E-state index in [9.17, 15) is 0 Å². The number of hydrogen-bond donors (Lipinski definition) is 1. The van der Waals surface area contributed by atoms with E-state index in [0.29, 0.717) is 0 Å². The summed E-state index contributed by atoms with van der Waals surface area (Å²) in [6, 6.07) is 30.9. The van der Waals surface area contributed by atoms with E-state index in [2.05, 4.69) is 222 Å². The van der Waals surface area contributed by atoms with Gasteiger partial charge in [-0.2, -0.15) is 0 Å². The van der Waals surface area contributed by atoms with Crippen LogP contribution in [0.15, 0.2) is 60.4 Å². The van der Waals surface area contributed by atoms with Gasteiger partial charge in [0.1, 0.15) is 32.3 Å². The van der Waals surface area contributed by atoms with Crippen molar-refractivity contribution in [2.45, 2.75) is 361 Å². The number of halogens is 2. The van der Waals surface area contributed by atoms with Crippen molar-refractivity contribution in [1.82, 2.24) is 0 Å². The van der Waals surface area contributed by atoms with Gasteiger partial charge in [-0.3, -0.25) is 0 Å². The van der Waals surface area contributed by atoms with Gasteiger partial charge in [0, 0.05) is 19.5 Å². The number of fused-ring (bicyclic) bond motifs is 12. The van der Waals surface area contributed by atoms with Crippen molar-refractivity contribution in [3.63, 3.8) is 0 Å². The second-order valence-electron chi connectivity index (χ2n) is 33.7. The molecule has 547 valence electrons.